The second kappa shape index (κ2) is 4.81. The van der Waals surface area contributed by atoms with Crippen molar-refractivity contribution in [1.82, 2.24) is 9.78 Å². The van der Waals surface area contributed by atoms with Crippen LogP contribution in [0.4, 0.5) is 11.4 Å². The number of nitrogens with one attached hydrogen (secondary N) is 1. The number of carbonyl (C=O) groups excluding carboxylic acids is 1. The molecule has 0 radical (unpaired) electrons. The first kappa shape index (κ1) is 12.6. The number of carbonyl (C=O) groups is 1. The van der Waals surface area contributed by atoms with Crippen molar-refractivity contribution in [3.8, 4) is 0 Å². The monoisotopic (exact) mass is 308 g/mol. The van der Waals surface area contributed by atoms with Gasteiger partial charge in [-0.05, 0) is 34.5 Å². The molecule has 0 aliphatic heterocycles. The minimum atomic E-state index is -0.279. The largest absolute Gasteiger partial charge is 0.396 e. The fraction of sp³-hybridized carbons (Fsp3) is 0.167. The summed E-state index contributed by atoms with van der Waals surface area (Å²) in [6.07, 6.45) is 1.46. The number of hydrogen-bond donors (Lipinski definition) is 2. The lowest BCUT2D eigenvalue weighted by atomic mass is 10.2. The summed E-state index contributed by atoms with van der Waals surface area (Å²) in [4.78, 5) is 12.1. The Labute approximate surface area is 113 Å². The number of benzene rings is 1. The van der Waals surface area contributed by atoms with E-state index in [2.05, 4.69) is 26.3 Å². The van der Waals surface area contributed by atoms with E-state index in [1.165, 1.54) is 10.9 Å². The van der Waals surface area contributed by atoms with Crippen LogP contribution in [0.3, 0.4) is 0 Å². The summed E-state index contributed by atoms with van der Waals surface area (Å²) in [7, 11) is 1.68. The van der Waals surface area contributed by atoms with Crippen LogP contribution in [0.2, 0.25) is 0 Å². The molecular weight excluding hydrogens is 296 g/mol. The Morgan fingerprint density at radius 2 is 2.22 bits per heavy atom. The van der Waals surface area contributed by atoms with Crippen molar-refractivity contribution in [2.24, 2.45) is 7.05 Å². The molecule has 2 rings (SSSR count). The third-order valence-corrected chi connectivity index (χ3v) is 3.67. The molecule has 1 aromatic heterocycles. The highest BCUT2D eigenvalue weighted by Gasteiger charge is 2.16. The molecule has 0 unspecified atom stereocenters. The van der Waals surface area contributed by atoms with Crippen LogP contribution >= 0.6 is 15.9 Å². The topological polar surface area (TPSA) is 72.9 Å². The van der Waals surface area contributed by atoms with Gasteiger partial charge in [0.2, 0.25) is 0 Å². The molecule has 1 amide bonds. The molecule has 94 valence electrons. The Morgan fingerprint density at radius 1 is 1.50 bits per heavy atom. The number of aromatic nitrogens is 2. The fourth-order valence-corrected chi connectivity index (χ4v) is 2.02. The SMILES string of the molecule is Cc1cccc(NC(=O)c2c(N)cnn2C)c1Br. The maximum atomic E-state index is 12.1. The van der Waals surface area contributed by atoms with E-state index in [-0.39, 0.29) is 5.91 Å². The van der Waals surface area contributed by atoms with Gasteiger partial charge in [0.1, 0.15) is 5.69 Å². The van der Waals surface area contributed by atoms with Crippen molar-refractivity contribution in [3.05, 3.63) is 40.1 Å². The first-order valence-electron chi connectivity index (χ1n) is 5.34. The highest BCUT2D eigenvalue weighted by atomic mass is 79.9. The van der Waals surface area contributed by atoms with E-state index in [1.54, 1.807) is 7.05 Å². The van der Waals surface area contributed by atoms with Gasteiger partial charge in [-0.2, -0.15) is 5.10 Å². The summed E-state index contributed by atoms with van der Waals surface area (Å²) >= 11 is 3.44. The molecule has 0 spiro atoms. The summed E-state index contributed by atoms with van der Waals surface area (Å²) in [5, 5.41) is 6.75. The van der Waals surface area contributed by atoms with Crippen LogP contribution in [0.5, 0.6) is 0 Å². The Morgan fingerprint density at radius 3 is 2.83 bits per heavy atom. The highest BCUT2D eigenvalue weighted by molar-refractivity contribution is 9.10. The highest BCUT2D eigenvalue weighted by Crippen LogP contribution is 2.26. The minimum absolute atomic E-state index is 0.279. The van der Waals surface area contributed by atoms with Crippen molar-refractivity contribution in [2.45, 2.75) is 6.92 Å². The van der Waals surface area contributed by atoms with Gasteiger partial charge in [0.25, 0.3) is 5.91 Å². The second-order valence-electron chi connectivity index (χ2n) is 3.96. The molecular formula is C12H13BrN4O. The molecule has 1 heterocycles. The van der Waals surface area contributed by atoms with Crippen molar-refractivity contribution in [2.75, 3.05) is 11.1 Å². The number of nitrogens with zero attached hydrogens (tertiary/aromatic N) is 2. The maximum Gasteiger partial charge on any atom is 0.276 e. The van der Waals surface area contributed by atoms with Crippen molar-refractivity contribution < 1.29 is 4.79 Å². The predicted octanol–water partition coefficient (Wildman–Crippen LogP) is 2.33. The number of nitrogens with two attached hydrogens (primary N) is 1. The van der Waals surface area contributed by atoms with Gasteiger partial charge in [0.15, 0.2) is 0 Å². The Bertz CT molecular complexity index is 587. The van der Waals surface area contributed by atoms with Crippen LogP contribution in [0.1, 0.15) is 16.1 Å². The first-order chi connectivity index (χ1) is 8.50. The zero-order valence-electron chi connectivity index (χ0n) is 10.1. The van der Waals surface area contributed by atoms with Crippen LogP contribution in [-0.4, -0.2) is 15.7 Å². The number of hydrogen-bond acceptors (Lipinski definition) is 3. The number of nitrogen functional groups attached to an aromatic ring is 1. The fourth-order valence-electron chi connectivity index (χ4n) is 1.66. The lowest BCUT2D eigenvalue weighted by molar-refractivity contribution is 0.101. The van der Waals surface area contributed by atoms with Crippen LogP contribution in [-0.2, 0) is 7.05 Å². The van der Waals surface area contributed by atoms with E-state index >= 15 is 0 Å². The van der Waals surface area contributed by atoms with Gasteiger partial charge in [-0.1, -0.05) is 12.1 Å². The molecule has 0 aliphatic carbocycles. The van der Waals surface area contributed by atoms with Crippen molar-refractivity contribution in [3.63, 3.8) is 0 Å². The van der Waals surface area contributed by atoms with Gasteiger partial charge < -0.3 is 11.1 Å². The summed E-state index contributed by atoms with van der Waals surface area (Å²) < 4.78 is 2.31. The number of halogens is 1. The summed E-state index contributed by atoms with van der Waals surface area (Å²) in [5.74, 6) is -0.279. The molecule has 0 bridgehead atoms. The standard InChI is InChI=1S/C12H13BrN4O/c1-7-4-3-5-9(10(7)13)16-12(18)11-8(14)6-15-17(11)2/h3-6H,14H2,1-2H3,(H,16,18). The molecule has 2 aromatic rings. The van der Waals surface area contributed by atoms with Crippen LogP contribution in [0, 0.1) is 6.92 Å². The van der Waals surface area contributed by atoms with Gasteiger partial charge in [0, 0.05) is 11.5 Å². The van der Waals surface area contributed by atoms with E-state index in [0.29, 0.717) is 17.1 Å². The van der Waals surface area contributed by atoms with Gasteiger partial charge >= 0.3 is 0 Å². The maximum absolute atomic E-state index is 12.1. The lowest BCUT2D eigenvalue weighted by Gasteiger charge is -2.09. The summed E-state index contributed by atoms with van der Waals surface area (Å²) in [6, 6.07) is 5.65. The van der Waals surface area contributed by atoms with Crippen LogP contribution in [0.25, 0.3) is 0 Å². The van der Waals surface area contributed by atoms with E-state index < -0.39 is 0 Å². The van der Waals surface area contributed by atoms with E-state index in [9.17, 15) is 4.79 Å². The zero-order valence-corrected chi connectivity index (χ0v) is 11.7. The Kier molecular flexibility index (Phi) is 3.38. The molecule has 1 aromatic carbocycles. The first-order valence-corrected chi connectivity index (χ1v) is 6.14. The molecule has 0 saturated carbocycles. The molecule has 0 atom stereocenters. The van der Waals surface area contributed by atoms with E-state index in [0.717, 1.165) is 10.0 Å². The minimum Gasteiger partial charge on any atom is -0.396 e. The molecule has 0 saturated heterocycles. The van der Waals surface area contributed by atoms with Crippen LogP contribution in [0.15, 0.2) is 28.9 Å². The number of anilines is 2. The van der Waals surface area contributed by atoms with E-state index in [1.807, 2.05) is 25.1 Å². The summed E-state index contributed by atoms with van der Waals surface area (Å²) in [5.41, 5.74) is 8.17. The predicted molar refractivity (Wildman–Crippen MR) is 74.5 cm³/mol. The Balaban J connectivity index is 2.30. The smallest absolute Gasteiger partial charge is 0.276 e. The second-order valence-corrected chi connectivity index (χ2v) is 4.76. The quantitative estimate of drug-likeness (QED) is 0.894. The van der Waals surface area contributed by atoms with Gasteiger partial charge in [0.05, 0.1) is 17.6 Å². The van der Waals surface area contributed by atoms with Gasteiger partial charge in [-0.15, -0.1) is 0 Å². The zero-order chi connectivity index (χ0) is 13.3. The lowest BCUT2D eigenvalue weighted by Crippen LogP contribution is -2.18. The average molecular weight is 309 g/mol. The normalized spacial score (nSPS) is 10.4. The number of aryl methyl sites for hydroxylation is 2. The molecule has 18 heavy (non-hydrogen) atoms. The van der Waals surface area contributed by atoms with Crippen molar-refractivity contribution in [1.29, 1.82) is 0 Å². The van der Waals surface area contributed by atoms with Gasteiger partial charge in [-0.3, -0.25) is 9.48 Å². The molecule has 6 heteroatoms. The average Bonchev–Trinajstić information content (AvgIpc) is 2.65. The Hall–Kier alpha value is -1.82. The third kappa shape index (κ3) is 2.24. The van der Waals surface area contributed by atoms with Crippen LogP contribution < -0.4 is 11.1 Å². The molecule has 3 N–H and O–H groups in total. The van der Waals surface area contributed by atoms with Gasteiger partial charge in [-0.25, -0.2) is 0 Å². The van der Waals surface area contributed by atoms with Crippen molar-refractivity contribution >= 4 is 33.2 Å². The van der Waals surface area contributed by atoms with E-state index in [4.69, 9.17) is 5.73 Å². The third-order valence-electron chi connectivity index (χ3n) is 2.62. The molecule has 0 fully saturated rings. The summed E-state index contributed by atoms with van der Waals surface area (Å²) in [6.45, 7) is 1.96. The molecule has 0 aliphatic rings. The number of rotatable bonds is 2. The molecule has 5 nitrogen and oxygen atoms in total. The number of amides is 1.